The van der Waals surface area contributed by atoms with Gasteiger partial charge in [0, 0.05) is 25.8 Å². The minimum atomic E-state index is 0.734. The van der Waals surface area contributed by atoms with E-state index in [0.29, 0.717) is 0 Å². The fraction of sp³-hybridized carbons (Fsp3) is 0.643. The number of hydrogen-bond acceptors (Lipinski definition) is 3. The highest BCUT2D eigenvalue weighted by molar-refractivity contribution is 6.33. The lowest BCUT2D eigenvalue weighted by Crippen LogP contribution is -2.35. The van der Waals surface area contributed by atoms with Crippen molar-refractivity contribution in [1.82, 2.24) is 10.3 Å². The Morgan fingerprint density at radius 3 is 3.06 bits per heavy atom. The Balaban J connectivity index is 2.08. The summed E-state index contributed by atoms with van der Waals surface area (Å²) in [5.74, 6) is 1.68. The van der Waals surface area contributed by atoms with Crippen LogP contribution >= 0.6 is 11.6 Å². The molecular formula is C14H22ClN3. The van der Waals surface area contributed by atoms with Gasteiger partial charge in [-0.25, -0.2) is 4.98 Å². The molecule has 0 radical (unpaired) electrons. The van der Waals surface area contributed by atoms with E-state index in [1.807, 2.05) is 12.3 Å². The van der Waals surface area contributed by atoms with E-state index in [9.17, 15) is 0 Å². The lowest BCUT2D eigenvalue weighted by molar-refractivity contribution is 0.444. The van der Waals surface area contributed by atoms with Crippen LogP contribution < -0.4 is 10.2 Å². The summed E-state index contributed by atoms with van der Waals surface area (Å²) < 4.78 is 0. The van der Waals surface area contributed by atoms with Gasteiger partial charge in [0.25, 0.3) is 0 Å². The normalized spacial score (nSPS) is 20.2. The Kier molecular flexibility index (Phi) is 4.84. The Hall–Kier alpha value is -0.800. The molecule has 0 amide bonds. The van der Waals surface area contributed by atoms with Gasteiger partial charge in [-0.05, 0) is 36.9 Å². The van der Waals surface area contributed by atoms with E-state index < -0.39 is 0 Å². The number of nitrogens with one attached hydrogen (secondary N) is 1. The molecule has 1 aromatic rings. The van der Waals surface area contributed by atoms with Crippen LogP contribution in [0.4, 0.5) is 5.82 Å². The van der Waals surface area contributed by atoms with Crippen LogP contribution in [0.3, 0.4) is 0 Å². The van der Waals surface area contributed by atoms with E-state index in [1.165, 1.54) is 12.8 Å². The molecule has 2 rings (SSSR count). The van der Waals surface area contributed by atoms with Crippen molar-refractivity contribution in [3.8, 4) is 0 Å². The second-order valence-corrected chi connectivity index (χ2v) is 5.53. The topological polar surface area (TPSA) is 28.2 Å². The summed E-state index contributed by atoms with van der Waals surface area (Å²) in [6, 6.07) is 2.03. The summed E-state index contributed by atoms with van der Waals surface area (Å²) in [5, 5.41) is 4.06. The van der Waals surface area contributed by atoms with Crippen LogP contribution in [0.2, 0.25) is 5.02 Å². The highest BCUT2D eigenvalue weighted by Crippen LogP contribution is 2.28. The van der Waals surface area contributed by atoms with Gasteiger partial charge >= 0.3 is 0 Å². The van der Waals surface area contributed by atoms with Gasteiger partial charge in [0.15, 0.2) is 0 Å². The van der Waals surface area contributed by atoms with Gasteiger partial charge in [-0.3, -0.25) is 0 Å². The summed E-state index contributed by atoms with van der Waals surface area (Å²) in [7, 11) is 0. The van der Waals surface area contributed by atoms with Crippen molar-refractivity contribution in [3.63, 3.8) is 0 Å². The van der Waals surface area contributed by atoms with E-state index in [2.05, 4.69) is 29.0 Å². The van der Waals surface area contributed by atoms with Crippen molar-refractivity contribution in [3.05, 3.63) is 22.8 Å². The maximum absolute atomic E-state index is 6.36. The number of rotatable bonds is 4. The molecule has 1 saturated heterocycles. The minimum Gasteiger partial charge on any atom is -0.355 e. The molecule has 1 atom stereocenters. The van der Waals surface area contributed by atoms with Crippen LogP contribution in [-0.2, 0) is 6.54 Å². The second-order valence-electron chi connectivity index (χ2n) is 5.12. The molecule has 100 valence electrons. The summed E-state index contributed by atoms with van der Waals surface area (Å²) in [6.45, 7) is 8.32. The number of anilines is 1. The van der Waals surface area contributed by atoms with Crippen molar-refractivity contribution in [1.29, 1.82) is 0 Å². The molecule has 1 fully saturated rings. The molecule has 18 heavy (non-hydrogen) atoms. The molecule has 0 saturated carbocycles. The van der Waals surface area contributed by atoms with Crippen molar-refractivity contribution >= 4 is 17.4 Å². The van der Waals surface area contributed by atoms with Crippen LogP contribution in [0.25, 0.3) is 0 Å². The third-order valence-electron chi connectivity index (χ3n) is 3.41. The Bertz CT molecular complexity index is 395. The monoisotopic (exact) mass is 267 g/mol. The zero-order valence-electron chi connectivity index (χ0n) is 11.2. The number of nitrogens with zero attached hydrogens (tertiary/aromatic N) is 2. The number of aromatic nitrogens is 1. The number of piperidine rings is 1. The molecule has 1 N–H and O–H groups in total. The first-order valence-electron chi connectivity index (χ1n) is 6.80. The highest BCUT2D eigenvalue weighted by atomic mass is 35.5. The summed E-state index contributed by atoms with van der Waals surface area (Å²) in [6.07, 6.45) is 4.48. The van der Waals surface area contributed by atoms with Crippen molar-refractivity contribution < 1.29 is 0 Å². The third-order valence-corrected chi connectivity index (χ3v) is 3.69. The van der Waals surface area contributed by atoms with Crippen molar-refractivity contribution in [2.75, 3.05) is 24.5 Å². The summed E-state index contributed by atoms with van der Waals surface area (Å²) >= 11 is 6.36. The summed E-state index contributed by atoms with van der Waals surface area (Å²) in [4.78, 5) is 6.86. The maximum atomic E-state index is 6.36. The van der Waals surface area contributed by atoms with Gasteiger partial charge < -0.3 is 10.2 Å². The first kappa shape index (κ1) is 13.6. The van der Waals surface area contributed by atoms with Gasteiger partial charge in [-0.2, -0.15) is 0 Å². The lowest BCUT2D eigenvalue weighted by atomic mass is 10.0. The van der Waals surface area contributed by atoms with Gasteiger partial charge in [0.1, 0.15) is 5.82 Å². The molecule has 4 heteroatoms. The molecule has 1 aromatic heterocycles. The molecule has 1 unspecified atom stereocenters. The smallest absolute Gasteiger partial charge is 0.147 e. The molecule has 1 aliphatic heterocycles. The SMILES string of the molecule is CCNCc1cnc(N2CCCC(C)C2)c(Cl)c1. The van der Waals surface area contributed by atoms with Crippen LogP contribution in [0.1, 0.15) is 32.3 Å². The third kappa shape index (κ3) is 3.36. The van der Waals surface area contributed by atoms with Gasteiger partial charge in [-0.1, -0.05) is 25.4 Å². The molecule has 0 aromatic carbocycles. The number of halogens is 1. The first-order chi connectivity index (χ1) is 8.70. The molecule has 2 heterocycles. The maximum Gasteiger partial charge on any atom is 0.147 e. The zero-order valence-corrected chi connectivity index (χ0v) is 12.0. The molecule has 3 nitrogen and oxygen atoms in total. The highest BCUT2D eigenvalue weighted by Gasteiger charge is 2.19. The van der Waals surface area contributed by atoms with Crippen LogP contribution in [0.15, 0.2) is 12.3 Å². The van der Waals surface area contributed by atoms with E-state index >= 15 is 0 Å². The van der Waals surface area contributed by atoms with E-state index in [1.54, 1.807) is 0 Å². The second kappa shape index (κ2) is 6.39. The number of hydrogen-bond donors (Lipinski definition) is 1. The van der Waals surface area contributed by atoms with E-state index in [0.717, 1.165) is 48.5 Å². The average molecular weight is 268 g/mol. The Morgan fingerprint density at radius 2 is 2.39 bits per heavy atom. The fourth-order valence-electron chi connectivity index (χ4n) is 2.45. The minimum absolute atomic E-state index is 0.734. The quantitative estimate of drug-likeness (QED) is 0.909. The predicted molar refractivity (Wildman–Crippen MR) is 77.2 cm³/mol. The van der Waals surface area contributed by atoms with Crippen LogP contribution in [0.5, 0.6) is 0 Å². The first-order valence-corrected chi connectivity index (χ1v) is 7.18. The van der Waals surface area contributed by atoms with E-state index in [-0.39, 0.29) is 0 Å². The molecule has 0 spiro atoms. The number of pyridine rings is 1. The largest absolute Gasteiger partial charge is 0.355 e. The molecular weight excluding hydrogens is 246 g/mol. The van der Waals surface area contributed by atoms with Gasteiger partial charge in [-0.15, -0.1) is 0 Å². The van der Waals surface area contributed by atoms with Crippen molar-refractivity contribution in [2.45, 2.75) is 33.2 Å². The molecule has 0 bridgehead atoms. The van der Waals surface area contributed by atoms with Gasteiger partial charge in [0.05, 0.1) is 5.02 Å². The van der Waals surface area contributed by atoms with Crippen molar-refractivity contribution in [2.24, 2.45) is 5.92 Å². The molecule has 0 aliphatic carbocycles. The zero-order chi connectivity index (χ0) is 13.0. The molecule has 1 aliphatic rings. The van der Waals surface area contributed by atoms with E-state index in [4.69, 9.17) is 11.6 Å². The van der Waals surface area contributed by atoms with Crippen LogP contribution in [-0.4, -0.2) is 24.6 Å². The standard InChI is InChI=1S/C14H22ClN3/c1-3-16-8-12-7-13(15)14(17-9-12)18-6-4-5-11(2)10-18/h7,9,11,16H,3-6,8,10H2,1-2H3. The fourth-order valence-corrected chi connectivity index (χ4v) is 2.76. The Morgan fingerprint density at radius 1 is 1.56 bits per heavy atom. The lowest BCUT2D eigenvalue weighted by Gasteiger charge is -2.32. The average Bonchev–Trinajstić information content (AvgIpc) is 2.36. The predicted octanol–water partition coefficient (Wildman–Crippen LogP) is 3.08. The summed E-state index contributed by atoms with van der Waals surface area (Å²) in [5.41, 5.74) is 1.15. The Labute approximate surface area is 115 Å². The van der Waals surface area contributed by atoms with Crippen LogP contribution in [0, 0.1) is 5.92 Å². The van der Waals surface area contributed by atoms with Gasteiger partial charge in [0.2, 0.25) is 0 Å².